The van der Waals surface area contributed by atoms with Gasteiger partial charge in [0.25, 0.3) is 0 Å². The first-order valence-electron chi connectivity index (χ1n) is 0.538. The summed E-state index contributed by atoms with van der Waals surface area (Å²) in [5.74, 6) is 0. The third-order valence-corrected chi connectivity index (χ3v) is 0. The first kappa shape index (κ1) is 5.38. The third kappa shape index (κ3) is 10.1. The van der Waals surface area contributed by atoms with Gasteiger partial charge in [0.05, 0.1) is 45.7 Å². The Kier molecular flexibility index (Phi) is 3.51. The van der Waals surface area contributed by atoms with Gasteiger partial charge in [0.2, 0.25) is 0 Å². The zero-order chi connectivity index (χ0) is 3.58. The summed E-state index contributed by atoms with van der Waals surface area (Å²) in [6.07, 6.45) is 0. The minimum atomic E-state index is 0.940. The maximum absolute atomic E-state index is 7.86. The molecule has 0 aromatic rings. The Morgan fingerprint density at radius 2 is 1.50 bits per heavy atom. The van der Waals surface area contributed by atoms with Crippen molar-refractivity contribution in [2.45, 2.75) is 0 Å². The first-order chi connectivity index (χ1) is 1.73. The molecule has 0 spiro atoms. The molecule has 4 heteroatoms. The second kappa shape index (κ2) is 2.61. The lowest BCUT2D eigenvalue weighted by Crippen LogP contribution is -1.76. The summed E-state index contributed by atoms with van der Waals surface area (Å²) in [5.41, 5.74) is 0. The molecule has 4 heavy (non-hydrogen) atoms. The Bertz CT molecular complexity index is 10.8. The first-order valence-corrected chi connectivity index (χ1v) is 2.47. The zero-order valence-electron chi connectivity index (χ0n) is 1.65. The highest BCUT2D eigenvalue weighted by molar-refractivity contribution is 14.2. The molecule has 1 N–H and O–H groups in total. The fourth-order valence-corrected chi connectivity index (χ4v) is 0. The van der Waals surface area contributed by atoms with Gasteiger partial charge in [-0.1, -0.05) is 1.49 Å². The molecule has 0 aliphatic rings. The second-order valence-electron chi connectivity index (χ2n) is 0.215. The molecule has 2 nitrogen and oxygen atoms in total. The fraction of sp³-hybridized carbons (Fsp3) is 0. The van der Waals surface area contributed by atoms with Gasteiger partial charge in [-0.3, -0.25) is 5.21 Å². The van der Waals surface area contributed by atoms with Crippen LogP contribution in [-0.2, 0) is 0 Å². The van der Waals surface area contributed by atoms with E-state index in [2.05, 4.69) is 0 Å². The Balaban J connectivity index is 2.32. The molecular weight excluding hydrogens is 284 g/mol. The summed E-state index contributed by atoms with van der Waals surface area (Å²) in [6.45, 7) is 0. The Hall–Kier alpha value is 1.38. The topological polar surface area (TPSA) is 23.5 Å². The van der Waals surface area contributed by atoms with Crippen molar-refractivity contribution in [1.82, 2.24) is 1.49 Å². The van der Waals surface area contributed by atoms with E-state index in [-0.39, 0.29) is 0 Å². The molecule has 0 unspecified atom stereocenters. The quantitative estimate of drug-likeness (QED) is 0.413. The highest BCUT2D eigenvalue weighted by atomic mass is 127. The van der Waals surface area contributed by atoms with Crippen molar-refractivity contribution in [3.8, 4) is 0 Å². The largest absolute Gasteiger partial charge is 0.295 e. The van der Waals surface area contributed by atoms with Gasteiger partial charge in [-0.2, -0.15) is 0 Å². The molecule has 0 aliphatic carbocycles. The molecule has 0 bridgehead atoms. The molecule has 26 valence electrons. The van der Waals surface area contributed by atoms with Gasteiger partial charge in [0.1, 0.15) is 0 Å². The van der Waals surface area contributed by atoms with Crippen LogP contribution in [0.5, 0.6) is 0 Å². The van der Waals surface area contributed by atoms with E-state index in [0.717, 1.165) is 1.49 Å². The van der Waals surface area contributed by atoms with E-state index in [9.17, 15) is 0 Å². The van der Waals surface area contributed by atoms with Crippen molar-refractivity contribution < 1.29 is 5.21 Å². The summed E-state index contributed by atoms with van der Waals surface area (Å²) in [4.78, 5) is 0. The van der Waals surface area contributed by atoms with Crippen LogP contribution < -0.4 is 0 Å². The van der Waals surface area contributed by atoms with Crippen molar-refractivity contribution in [3.05, 3.63) is 0 Å². The maximum Gasteiger partial charge on any atom is 0.0630 e. The minimum absolute atomic E-state index is 0.940. The minimum Gasteiger partial charge on any atom is -0.295 e. The molecule has 0 atom stereocenters. The normalized spacial score (nSPS) is 9.00. The number of rotatable bonds is 0. The molecule has 0 fully saturated rings. The Labute approximate surface area is 52.1 Å². The van der Waals surface area contributed by atoms with Crippen LogP contribution in [-0.4, -0.2) is 6.70 Å². The van der Waals surface area contributed by atoms with Crippen molar-refractivity contribution in [3.63, 3.8) is 0 Å². The predicted molar refractivity (Wildman–Crippen MR) is 31.7 cm³/mol. The molecule has 0 radical (unpaired) electrons. The monoisotopic (exact) mass is 285 g/mol. The van der Waals surface area contributed by atoms with Gasteiger partial charge >= 0.3 is 0 Å². The summed E-state index contributed by atoms with van der Waals surface area (Å²) < 4.78 is 0.940. The van der Waals surface area contributed by atoms with Gasteiger partial charge in [-0.25, -0.2) is 0 Å². The van der Waals surface area contributed by atoms with E-state index in [1.165, 1.54) is 0 Å². The fourth-order valence-electron chi connectivity index (χ4n) is 0. The smallest absolute Gasteiger partial charge is 0.0630 e. The van der Waals surface area contributed by atoms with Crippen molar-refractivity contribution in [2.75, 3.05) is 0 Å². The summed E-state index contributed by atoms with van der Waals surface area (Å²) in [6, 6.07) is 0. The molecule has 0 aliphatic heterocycles. The summed E-state index contributed by atoms with van der Waals surface area (Å²) >= 11 is 3.44. The van der Waals surface area contributed by atoms with Crippen LogP contribution in [0.2, 0.25) is 0 Å². The zero-order valence-corrected chi connectivity index (χ0v) is 5.97. The highest BCUT2D eigenvalue weighted by Crippen LogP contribution is 1.97. The van der Waals surface area contributed by atoms with Crippen molar-refractivity contribution in [1.29, 1.82) is 0 Å². The predicted octanol–water partition coefficient (Wildman–Crippen LogP) is 1.38. The van der Waals surface area contributed by atoms with Crippen LogP contribution >= 0.6 is 45.7 Å². The SMILES string of the molecule is ON(I)I. The van der Waals surface area contributed by atoms with Crippen molar-refractivity contribution >= 4 is 45.7 Å². The molecule has 0 heterocycles. The average Bonchev–Trinajstić information content (AvgIpc) is 0.811. The van der Waals surface area contributed by atoms with E-state index in [4.69, 9.17) is 5.21 Å². The number of halogens is 2. The Morgan fingerprint density at radius 3 is 1.50 bits per heavy atom. The molecule has 0 rings (SSSR count). The number of hydrogen-bond donors (Lipinski definition) is 1. The van der Waals surface area contributed by atoms with Gasteiger partial charge in [-0.05, 0) is 0 Å². The van der Waals surface area contributed by atoms with Crippen LogP contribution in [0.15, 0.2) is 0 Å². The number of hydrogen-bond acceptors (Lipinski definition) is 2. The highest BCUT2D eigenvalue weighted by Gasteiger charge is 1.68. The van der Waals surface area contributed by atoms with Crippen LogP contribution in [0, 0.1) is 0 Å². The van der Waals surface area contributed by atoms with Crippen LogP contribution in [0.3, 0.4) is 0 Å². The number of nitrogens with zero attached hydrogens (tertiary/aromatic N) is 1. The lowest BCUT2D eigenvalue weighted by molar-refractivity contribution is 0.169. The van der Waals surface area contributed by atoms with Gasteiger partial charge in [-0.15, -0.1) is 0 Å². The summed E-state index contributed by atoms with van der Waals surface area (Å²) in [5, 5.41) is 7.86. The van der Waals surface area contributed by atoms with E-state index in [0.29, 0.717) is 0 Å². The van der Waals surface area contributed by atoms with Gasteiger partial charge < -0.3 is 0 Å². The molecule has 0 amide bonds. The molecular formula is HI2NO. The van der Waals surface area contributed by atoms with E-state index in [1.807, 2.05) is 0 Å². The average molecular weight is 285 g/mol. The maximum atomic E-state index is 7.86. The lowest BCUT2D eigenvalue weighted by Gasteiger charge is -1.80. The molecule has 0 saturated carbocycles. The standard InChI is InChI=1S/HI2NO/c1-3(2)4/h4H. The van der Waals surface area contributed by atoms with Crippen molar-refractivity contribution in [2.24, 2.45) is 0 Å². The van der Waals surface area contributed by atoms with E-state index < -0.39 is 0 Å². The Morgan fingerprint density at radius 1 is 1.50 bits per heavy atom. The molecule has 0 aromatic carbocycles. The lowest BCUT2D eigenvalue weighted by atomic mass is 13.6. The van der Waals surface area contributed by atoms with Gasteiger partial charge in [0.15, 0.2) is 0 Å². The van der Waals surface area contributed by atoms with E-state index >= 15 is 0 Å². The molecule has 0 saturated heterocycles. The van der Waals surface area contributed by atoms with Crippen LogP contribution in [0.1, 0.15) is 0 Å². The van der Waals surface area contributed by atoms with Crippen LogP contribution in [0.4, 0.5) is 0 Å². The van der Waals surface area contributed by atoms with E-state index in [1.54, 1.807) is 45.7 Å². The summed E-state index contributed by atoms with van der Waals surface area (Å²) in [7, 11) is 0. The van der Waals surface area contributed by atoms with Crippen LogP contribution in [0.25, 0.3) is 0 Å². The molecule has 0 aromatic heterocycles. The second-order valence-corrected chi connectivity index (χ2v) is 3.89. The van der Waals surface area contributed by atoms with Gasteiger partial charge in [0, 0.05) is 0 Å². The third-order valence-electron chi connectivity index (χ3n) is 0.